The summed E-state index contributed by atoms with van der Waals surface area (Å²) in [6.07, 6.45) is 3.12. The minimum atomic E-state index is -0.216. The van der Waals surface area contributed by atoms with Gasteiger partial charge in [0.15, 0.2) is 0 Å². The molecule has 0 aliphatic rings. The van der Waals surface area contributed by atoms with Gasteiger partial charge in [-0.1, -0.05) is 35.9 Å². The smallest absolute Gasteiger partial charge is 0.258 e. The third-order valence-corrected chi connectivity index (χ3v) is 4.16. The molecule has 0 atom stereocenters. The van der Waals surface area contributed by atoms with E-state index in [-0.39, 0.29) is 5.91 Å². The third-order valence-electron chi connectivity index (χ3n) is 4.16. The van der Waals surface area contributed by atoms with Crippen LogP contribution < -0.4 is 10.2 Å². The first-order valence-corrected chi connectivity index (χ1v) is 8.61. The number of nitrogens with zero attached hydrogens (tertiary/aromatic N) is 3. The average molecular weight is 346 g/mol. The van der Waals surface area contributed by atoms with Crippen LogP contribution in [0.4, 0.5) is 17.3 Å². The maximum absolute atomic E-state index is 12.5. The summed E-state index contributed by atoms with van der Waals surface area (Å²) in [4.78, 5) is 23.2. The van der Waals surface area contributed by atoms with Crippen LogP contribution in [0.15, 0.2) is 60.9 Å². The van der Waals surface area contributed by atoms with Crippen molar-refractivity contribution in [1.29, 1.82) is 0 Å². The summed E-state index contributed by atoms with van der Waals surface area (Å²) in [7, 11) is 0. The van der Waals surface area contributed by atoms with Gasteiger partial charge in [-0.3, -0.25) is 4.79 Å². The molecule has 132 valence electrons. The highest BCUT2D eigenvalue weighted by molar-refractivity contribution is 6.04. The quantitative estimate of drug-likeness (QED) is 0.739. The second kappa shape index (κ2) is 7.78. The molecule has 0 aliphatic carbocycles. The van der Waals surface area contributed by atoms with Gasteiger partial charge in [0.25, 0.3) is 5.91 Å². The Bertz CT molecular complexity index is 892. The molecule has 1 N–H and O–H groups in total. The standard InChI is InChI=1S/C21H22N4O/c1-4-25(18-8-6-5-7-9-18)21-22-13-17(14-23-21)20(26)24-19-11-10-15(2)12-16(19)3/h5-14H,4H2,1-3H3,(H,24,26). The second-order valence-corrected chi connectivity index (χ2v) is 6.12. The van der Waals surface area contributed by atoms with Gasteiger partial charge in [0.05, 0.1) is 5.56 Å². The van der Waals surface area contributed by atoms with Crippen molar-refractivity contribution in [3.8, 4) is 0 Å². The van der Waals surface area contributed by atoms with Crippen molar-refractivity contribution in [2.24, 2.45) is 0 Å². The molecule has 1 heterocycles. The number of aryl methyl sites for hydroxylation is 2. The van der Waals surface area contributed by atoms with Gasteiger partial charge < -0.3 is 10.2 Å². The van der Waals surface area contributed by atoms with E-state index in [0.717, 1.165) is 29.0 Å². The fraction of sp³-hybridized carbons (Fsp3) is 0.190. The van der Waals surface area contributed by atoms with Crippen molar-refractivity contribution >= 4 is 23.2 Å². The van der Waals surface area contributed by atoms with E-state index in [1.54, 1.807) is 12.4 Å². The van der Waals surface area contributed by atoms with E-state index in [1.807, 2.05) is 74.2 Å². The topological polar surface area (TPSA) is 58.1 Å². The highest BCUT2D eigenvalue weighted by atomic mass is 16.1. The van der Waals surface area contributed by atoms with Crippen LogP contribution in [0, 0.1) is 13.8 Å². The Labute approximate surface area is 153 Å². The number of para-hydroxylation sites is 1. The number of aromatic nitrogens is 2. The molecule has 0 saturated carbocycles. The van der Waals surface area contributed by atoms with Gasteiger partial charge in [-0.2, -0.15) is 0 Å². The van der Waals surface area contributed by atoms with Gasteiger partial charge in [-0.25, -0.2) is 9.97 Å². The zero-order chi connectivity index (χ0) is 18.5. The number of nitrogens with one attached hydrogen (secondary N) is 1. The summed E-state index contributed by atoms with van der Waals surface area (Å²) in [5, 5.41) is 2.92. The summed E-state index contributed by atoms with van der Waals surface area (Å²) >= 11 is 0. The fourth-order valence-corrected chi connectivity index (χ4v) is 2.77. The lowest BCUT2D eigenvalue weighted by atomic mass is 10.1. The molecular formula is C21H22N4O. The average Bonchev–Trinajstić information content (AvgIpc) is 2.66. The first kappa shape index (κ1) is 17.6. The summed E-state index contributed by atoms with van der Waals surface area (Å²) < 4.78 is 0. The van der Waals surface area contributed by atoms with Crippen LogP contribution >= 0.6 is 0 Å². The van der Waals surface area contributed by atoms with Crippen LogP contribution in [0.3, 0.4) is 0 Å². The van der Waals surface area contributed by atoms with Crippen molar-refractivity contribution < 1.29 is 4.79 Å². The van der Waals surface area contributed by atoms with Crippen molar-refractivity contribution in [3.05, 3.63) is 77.6 Å². The Balaban J connectivity index is 1.77. The molecule has 5 nitrogen and oxygen atoms in total. The largest absolute Gasteiger partial charge is 0.322 e. The predicted molar refractivity (Wildman–Crippen MR) is 105 cm³/mol. The number of anilines is 3. The van der Waals surface area contributed by atoms with Crippen LogP contribution in [0.5, 0.6) is 0 Å². The van der Waals surface area contributed by atoms with Gasteiger partial charge in [-0.15, -0.1) is 0 Å². The lowest BCUT2D eigenvalue weighted by Gasteiger charge is -2.20. The van der Waals surface area contributed by atoms with E-state index in [4.69, 9.17) is 0 Å². The highest BCUT2D eigenvalue weighted by Gasteiger charge is 2.13. The number of hydrogen-bond acceptors (Lipinski definition) is 4. The molecule has 0 radical (unpaired) electrons. The molecule has 0 fully saturated rings. The van der Waals surface area contributed by atoms with Crippen LogP contribution in [-0.2, 0) is 0 Å². The Morgan fingerprint density at radius 1 is 1.04 bits per heavy atom. The normalized spacial score (nSPS) is 10.4. The summed E-state index contributed by atoms with van der Waals surface area (Å²) in [6.45, 7) is 6.77. The van der Waals surface area contributed by atoms with Crippen molar-refractivity contribution in [3.63, 3.8) is 0 Å². The number of amides is 1. The van der Waals surface area contributed by atoms with Crippen LogP contribution in [0.2, 0.25) is 0 Å². The van der Waals surface area contributed by atoms with Gasteiger partial charge in [0.2, 0.25) is 5.95 Å². The van der Waals surface area contributed by atoms with Gasteiger partial charge >= 0.3 is 0 Å². The summed E-state index contributed by atoms with van der Waals surface area (Å²) in [6, 6.07) is 15.9. The summed E-state index contributed by atoms with van der Waals surface area (Å²) in [5.41, 5.74) is 4.43. The molecular weight excluding hydrogens is 324 g/mol. The van der Waals surface area contributed by atoms with Crippen molar-refractivity contribution in [2.75, 3.05) is 16.8 Å². The zero-order valence-electron chi connectivity index (χ0n) is 15.2. The molecule has 2 aromatic carbocycles. The van der Waals surface area contributed by atoms with E-state index in [1.165, 1.54) is 0 Å². The van der Waals surface area contributed by atoms with Crippen LogP contribution in [0.1, 0.15) is 28.4 Å². The number of carbonyl (C=O) groups is 1. The lowest BCUT2D eigenvalue weighted by Crippen LogP contribution is -2.20. The zero-order valence-corrected chi connectivity index (χ0v) is 15.2. The molecule has 1 aromatic heterocycles. The first-order chi connectivity index (χ1) is 12.6. The van der Waals surface area contributed by atoms with Gasteiger partial charge in [0, 0.05) is 30.3 Å². The molecule has 26 heavy (non-hydrogen) atoms. The first-order valence-electron chi connectivity index (χ1n) is 8.61. The number of carbonyl (C=O) groups excluding carboxylic acids is 1. The Kier molecular flexibility index (Phi) is 5.27. The molecule has 0 saturated heterocycles. The monoisotopic (exact) mass is 346 g/mol. The molecule has 0 bridgehead atoms. The maximum atomic E-state index is 12.5. The molecule has 0 spiro atoms. The Hall–Kier alpha value is -3.21. The van der Waals surface area contributed by atoms with Crippen LogP contribution in [0.25, 0.3) is 0 Å². The van der Waals surface area contributed by atoms with E-state index in [2.05, 4.69) is 15.3 Å². The minimum absolute atomic E-state index is 0.216. The number of benzene rings is 2. The highest BCUT2D eigenvalue weighted by Crippen LogP contribution is 2.21. The second-order valence-electron chi connectivity index (χ2n) is 6.12. The number of rotatable bonds is 5. The van der Waals surface area contributed by atoms with Gasteiger partial charge in [-0.05, 0) is 44.5 Å². The number of hydrogen-bond donors (Lipinski definition) is 1. The molecule has 1 amide bonds. The van der Waals surface area contributed by atoms with E-state index in [9.17, 15) is 4.79 Å². The Morgan fingerprint density at radius 2 is 1.73 bits per heavy atom. The van der Waals surface area contributed by atoms with E-state index >= 15 is 0 Å². The molecule has 3 rings (SSSR count). The molecule has 5 heteroatoms. The van der Waals surface area contributed by atoms with Crippen molar-refractivity contribution in [1.82, 2.24) is 9.97 Å². The van der Waals surface area contributed by atoms with E-state index < -0.39 is 0 Å². The molecule has 0 aliphatic heterocycles. The van der Waals surface area contributed by atoms with Crippen molar-refractivity contribution in [2.45, 2.75) is 20.8 Å². The third kappa shape index (κ3) is 3.88. The van der Waals surface area contributed by atoms with Crippen LogP contribution in [-0.4, -0.2) is 22.4 Å². The minimum Gasteiger partial charge on any atom is -0.322 e. The van der Waals surface area contributed by atoms with Gasteiger partial charge in [0.1, 0.15) is 0 Å². The SMILES string of the molecule is CCN(c1ccccc1)c1ncc(C(=O)Nc2ccc(C)cc2C)cn1. The molecule has 3 aromatic rings. The van der Waals surface area contributed by atoms with E-state index in [0.29, 0.717) is 11.5 Å². The Morgan fingerprint density at radius 3 is 2.35 bits per heavy atom. The predicted octanol–water partition coefficient (Wildman–Crippen LogP) is 4.50. The molecule has 0 unspecified atom stereocenters. The fourth-order valence-electron chi connectivity index (χ4n) is 2.77. The maximum Gasteiger partial charge on any atom is 0.258 e. The lowest BCUT2D eigenvalue weighted by molar-refractivity contribution is 0.102. The summed E-state index contributed by atoms with van der Waals surface area (Å²) in [5.74, 6) is 0.355.